The molecule has 1 amide bonds. The quantitative estimate of drug-likeness (QED) is 0.601. The van der Waals surface area contributed by atoms with Crippen LogP contribution in [0.4, 0.5) is 0 Å². The summed E-state index contributed by atoms with van der Waals surface area (Å²) in [5, 5.41) is 4.45. The van der Waals surface area contributed by atoms with Crippen molar-refractivity contribution in [1.29, 1.82) is 0 Å². The van der Waals surface area contributed by atoms with Gasteiger partial charge >= 0.3 is 0 Å². The molecule has 1 aromatic carbocycles. The summed E-state index contributed by atoms with van der Waals surface area (Å²) in [6.07, 6.45) is 9.03. The summed E-state index contributed by atoms with van der Waals surface area (Å²) >= 11 is 0. The Labute approximate surface area is 173 Å². The van der Waals surface area contributed by atoms with Crippen molar-refractivity contribution >= 4 is 5.91 Å². The highest BCUT2D eigenvalue weighted by Gasteiger charge is 2.24. The molecule has 0 radical (unpaired) electrons. The summed E-state index contributed by atoms with van der Waals surface area (Å²) in [6.45, 7) is 5.99. The van der Waals surface area contributed by atoms with Crippen LogP contribution in [0.15, 0.2) is 24.3 Å². The maximum Gasteiger partial charge on any atom is 0.288 e. The van der Waals surface area contributed by atoms with E-state index in [2.05, 4.69) is 36.1 Å². The van der Waals surface area contributed by atoms with Crippen molar-refractivity contribution in [3.8, 4) is 5.69 Å². The molecule has 1 fully saturated rings. The summed E-state index contributed by atoms with van der Waals surface area (Å²) in [7, 11) is 0. The minimum absolute atomic E-state index is 0.105. The fourth-order valence-electron chi connectivity index (χ4n) is 4.05. The van der Waals surface area contributed by atoms with Crippen molar-refractivity contribution in [2.24, 2.45) is 11.7 Å². The van der Waals surface area contributed by atoms with Crippen LogP contribution in [0, 0.1) is 5.92 Å². The molecular weight excluding hydrogens is 364 g/mol. The zero-order chi connectivity index (χ0) is 20.6. The van der Waals surface area contributed by atoms with Crippen LogP contribution in [-0.2, 0) is 11.2 Å². The molecular formula is C23H34N4O2. The number of hydrogen-bond donors (Lipinski definition) is 1. The van der Waals surface area contributed by atoms with Crippen molar-refractivity contribution in [3.63, 3.8) is 0 Å². The molecule has 3 rings (SSSR count). The highest BCUT2D eigenvalue weighted by Crippen LogP contribution is 2.32. The molecule has 0 bridgehead atoms. The molecule has 1 aliphatic rings. The Morgan fingerprint density at radius 2 is 2.10 bits per heavy atom. The predicted molar refractivity (Wildman–Crippen MR) is 114 cm³/mol. The van der Waals surface area contributed by atoms with Gasteiger partial charge in [0.2, 0.25) is 5.82 Å². The molecule has 0 spiro atoms. The van der Waals surface area contributed by atoms with Gasteiger partial charge in [-0.25, -0.2) is 9.67 Å². The van der Waals surface area contributed by atoms with Gasteiger partial charge in [-0.2, -0.15) is 0 Å². The second kappa shape index (κ2) is 10.5. The number of aromatic nitrogens is 3. The third kappa shape index (κ3) is 5.89. The van der Waals surface area contributed by atoms with E-state index < -0.39 is 5.91 Å². The maximum absolute atomic E-state index is 11.7. The minimum atomic E-state index is -0.574. The molecule has 2 aromatic rings. The summed E-state index contributed by atoms with van der Waals surface area (Å²) in [5.74, 6) is 1.17. The van der Waals surface area contributed by atoms with Crippen LogP contribution in [0.3, 0.4) is 0 Å². The molecule has 1 aromatic heterocycles. The van der Waals surface area contributed by atoms with E-state index in [4.69, 9.17) is 10.5 Å². The second-order valence-corrected chi connectivity index (χ2v) is 8.31. The van der Waals surface area contributed by atoms with E-state index in [1.807, 2.05) is 16.8 Å². The first kappa shape index (κ1) is 21.5. The average Bonchev–Trinajstić information content (AvgIpc) is 3.18. The molecule has 1 unspecified atom stereocenters. The summed E-state index contributed by atoms with van der Waals surface area (Å²) in [6, 6.07) is 8.36. The third-order valence-corrected chi connectivity index (χ3v) is 5.61. The normalized spacial score (nSPS) is 16.1. The molecule has 6 heteroatoms. The van der Waals surface area contributed by atoms with E-state index in [1.165, 1.54) is 24.8 Å². The van der Waals surface area contributed by atoms with E-state index in [-0.39, 0.29) is 5.82 Å². The lowest BCUT2D eigenvalue weighted by molar-refractivity contribution is 0.0990. The molecule has 1 atom stereocenters. The van der Waals surface area contributed by atoms with E-state index in [0.717, 1.165) is 56.8 Å². The lowest BCUT2D eigenvalue weighted by Gasteiger charge is -2.21. The largest absolute Gasteiger partial charge is 0.381 e. The van der Waals surface area contributed by atoms with Gasteiger partial charge in [0.05, 0.1) is 5.69 Å². The fraction of sp³-hybridized carbons (Fsp3) is 0.609. The fourth-order valence-corrected chi connectivity index (χ4v) is 4.05. The monoisotopic (exact) mass is 398 g/mol. The Morgan fingerprint density at radius 1 is 1.31 bits per heavy atom. The molecule has 29 heavy (non-hydrogen) atoms. The number of primary amides is 1. The van der Waals surface area contributed by atoms with E-state index >= 15 is 0 Å². The third-order valence-electron chi connectivity index (χ3n) is 5.61. The van der Waals surface area contributed by atoms with Crippen LogP contribution in [0.5, 0.6) is 0 Å². The summed E-state index contributed by atoms with van der Waals surface area (Å²) in [4.78, 5) is 16.2. The smallest absolute Gasteiger partial charge is 0.288 e. The lowest BCUT2D eigenvalue weighted by atomic mass is 9.88. The Kier molecular flexibility index (Phi) is 7.81. The van der Waals surface area contributed by atoms with Gasteiger partial charge in [-0.05, 0) is 49.3 Å². The molecule has 1 heterocycles. The number of benzene rings is 1. The first-order chi connectivity index (χ1) is 14.1. The van der Waals surface area contributed by atoms with Gasteiger partial charge < -0.3 is 10.5 Å². The number of nitrogens with zero attached hydrogens (tertiary/aromatic N) is 3. The van der Waals surface area contributed by atoms with Gasteiger partial charge in [0.25, 0.3) is 5.91 Å². The molecule has 158 valence electrons. The van der Waals surface area contributed by atoms with E-state index in [0.29, 0.717) is 11.8 Å². The topological polar surface area (TPSA) is 83.0 Å². The molecule has 1 saturated carbocycles. The van der Waals surface area contributed by atoms with Crippen LogP contribution in [0.1, 0.15) is 86.7 Å². The Bertz CT molecular complexity index is 796. The van der Waals surface area contributed by atoms with Crippen LogP contribution in [0.25, 0.3) is 5.69 Å². The van der Waals surface area contributed by atoms with Crippen molar-refractivity contribution in [2.75, 3.05) is 13.2 Å². The van der Waals surface area contributed by atoms with E-state index in [1.54, 1.807) is 0 Å². The number of amides is 1. The van der Waals surface area contributed by atoms with Crippen molar-refractivity contribution < 1.29 is 9.53 Å². The maximum atomic E-state index is 11.7. The zero-order valence-electron chi connectivity index (χ0n) is 17.8. The van der Waals surface area contributed by atoms with Crippen LogP contribution in [0.2, 0.25) is 0 Å². The van der Waals surface area contributed by atoms with E-state index in [9.17, 15) is 4.79 Å². The number of unbranched alkanes of at least 4 members (excludes halogenated alkanes) is 1. The Hall–Kier alpha value is -2.21. The number of carbonyl (C=O) groups excluding carboxylic acids is 1. The van der Waals surface area contributed by atoms with Crippen molar-refractivity contribution in [1.82, 2.24) is 14.8 Å². The minimum Gasteiger partial charge on any atom is -0.381 e. The van der Waals surface area contributed by atoms with Gasteiger partial charge in [0, 0.05) is 19.1 Å². The Balaban J connectivity index is 1.77. The highest BCUT2D eigenvalue weighted by atomic mass is 16.5. The number of carbonyl (C=O) groups is 1. The zero-order valence-corrected chi connectivity index (χ0v) is 17.8. The van der Waals surface area contributed by atoms with Crippen molar-refractivity contribution in [2.45, 2.75) is 71.1 Å². The van der Waals surface area contributed by atoms with Crippen LogP contribution < -0.4 is 5.73 Å². The van der Waals surface area contributed by atoms with Crippen LogP contribution >= 0.6 is 0 Å². The van der Waals surface area contributed by atoms with Crippen LogP contribution in [-0.4, -0.2) is 33.9 Å². The number of rotatable bonds is 10. The van der Waals surface area contributed by atoms with Gasteiger partial charge in [0.15, 0.2) is 0 Å². The van der Waals surface area contributed by atoms with Gasteiger partial charge in [-0.1, -0.05) is 51.7 Å². The molecule has 0 aliphatic heterocycles. The Morgan fingerprint density at radius 3 is 2.83 bits per heavy atom. The number of hydrogen-bond acceptors (Lipinski definition) is 4. The SMILES string of the molecule is CCCCOCC(C)Cc1cccc(-n2nc(C(N)=O)nc2C2CCCCC2)c1. The standard InChI is InChI=1S/C23H34N4O2/c1-3-4-13-29-16-17(2)14-18-9-8-12-20(15-18)27-23(19-10-6-5-7-11-19)25-22(26-27)21(24)28/h8-9,12,15,17,19H,3-7,10-11,13-14,16H2,1-2H3,(H2,24,28). The summed E-state index contributed by atoms with van der Waals surface area (Å²) < 4.78 is 7.61. The average molecular weight is 399 g/mol. The second-order valence-electron chi connectivity index (χ2n) is 8.31. The lowest BCUT2D eigenvalue weighted by Crippen LogP contribution is -2.13. The number of ether oxygens (including phenoxy) is 1. The van der Waals surface area contributed by atoms with Gasteiger partial charge in [-0.3, -0.25) is 4.79 Å². The molecule has 6 nitrogen and oxygen atoms in total. The van der Waals surface area contributed by atoms with Gasteiger partial charge in [0.1, 0.15) is 5.82 Å². The molecule has 0 saturated heterocycles. The molecule has 1 aliphatic carbocycles. The van der Waals surface area contributed by atoms with Crippen molar-refractivity contribution in [3.05, 3.63) is 41.5 Å². The molecule has 2 N–H and O–H groups in total. The summed E-state index contributed by atoms with van der Waals surface area (Å²) in [5.41, 5.74) is 7.66. The predicted octanol–water partition coefficient (Wildman–Crippen LogP) is 4.41. The highest BCUT2D eigenvalue weighted by molar-refractivity contribution is 5.88. The van der Waals surface area contributed by atoms with Gasteiger partial charge in [-0.15, -0.1) is 5.10 Å². The first-order valence-corrected chi connectivity index (χ1v) is 11.0. The first-order valence-electron chi connectivity index (χ1n) is 11.0. The number of nitrogens with two attached hydrogens (primary N) is 1.